The Morgan fingerprint density at radius 2 is 1.67 bits per heavy atom. The van der Waals surface area contributed by atoms with Crippen LogP contribution in [0.25, 0.3) is 0 Å². The minimum atomic E-state index is -3.47. The van der Waals surface area contributed by atoms with Crippen molar-refractivity contribution in [1.29, 1.82) is 0 Å². The lowest BCUT2D eigenvalue weighted by Gasteiger charge is -2.30. The first kappa shape index (κ1) is 19.2. The number of hydrogen-bond donors (Lipinski definition) is 0. The minimum Gasteiger partial charge on any atom is -0.368 e. The van der Waals surface area contributed by atoms with E-state index in [9.17, 15) is 8.42 Å². The zero-order valence-electron chi connectivity index (χ0n) is 14.5. The van der Waals surface area contributed by atoms with E-state index < -0.39 is 9.84 Å². The van der Waals surface area contributed by atoms with E-state index in [4.69, 9.17) is 0 Å². The molecule has 1 atom stereocenters. The van der Waals surface area contributed by atoms with Crippen molar-refractivity contribution >= 4 is 39.5 Å². The molecule has 0 saturated heterocycles. The molecule has 0 spiro atoms. The molecule has 0 N–H and O–H groups in total. The van der Waals surface area contributed by atoms with E-state index in [2.05, 4.69) is 32.6 Å². The zero-order chi connectivity index (χ0) is 16.8. The van der Waals surface area contributed by atoms with Crippen LogP contribution in [0.4, 0.5) is 5.69 Å². The summed E-state index contributed by atoms with van der Waals surface area (Å²) in [6.07, 6.45) is 0. The Morgan fingerprint density at radius 1 is 1.04 bits per heavy atom. The van der Waals surface area contributed by atoms with Gasteiger partial charge in [0, 0.05) is 23.7 Å². The van der Waals surface area contributed by atoms with Crippen molar-refractivity contribution in [1.82, 2.24) is 0 Å². The molecule has 0 bridgehead atoms. The molecule has 1 aliphatic heterocycles. The molecule has 0 saturated carbocycles. The van der Waals surface area contributed by atoms with Gasteiger partial charge in [-0.15, -0.1) is 24.0 Å². The molecule has 0 aromatic heterocycles. The Hall–Kier alpha value is -1.08. The monoisotopic (exact) mass is 457 g/mol. The lowest BCUT2D eigenvalue weighted by atomic mass is 9.81. The van der Waals surface area contributed by atoms with Crippen LogP contribution in [0.1, 0.15) is 33.3 Å². The van der Waals surface area contributed by atoms with Crippen molar-refractivity contribution in [2.24, 2.45) is 0 Å². The van der Waals surface area contributed by atoms with Gasteiger partial charge in [0.1, 0.15) is 0 Å². The minimum absolute atomic E-state index is 0. The van der Waals surface area contributed by atoms with E-state index in [1.165, 1.54) is 0 Å². The van der Waals surface area contributed by atoms with Gasteiger partial charge >= 0.3 is 0 Å². The highest BCUT2D eigenvalue weighted by atomic mass is 127. The molecular weight excluding hydrogens is 433 g/mol. The van der Waals surface area contributed by atoms with Gasteiger partial charge in [-0.3, -0.25) is 0 Å². The number of hydrogen-bond acceptors (Lipinski definition) is 3. The molecule has 1 unspecified atom stereocenters. The smallest absolute Gasteiger partial charge is 0.206 e. The second-order valence-electron chi connectivity index (χ2n) is 6.68. The number of likely N-dealkylation sites (N-methyl/N-ethyl adjacent to an activating group) is 1. The Kier molecular flexibility index (Phi) is 5.35. The fourth-order valence-electron chi connectivity index (χ4n) is 3.45. The van der Waals surface area contributed by atoms with Gasteiger partial charge in [-0.25, -0.2) is 8.42 Å². The van der Waals surface area contributed by atoms with Gasteiger partial charge in [0.15, 0.2) is 0 Å². The highest BCUT2D eigenvalue weighted by molar-refractivity contribution is 14.0. The van der Waals surface area contributed by atoms with Crippen molar-refractivity contribution in [2.75, 3.05) is 11.4 Å². The summed E-state index contributed by atoms with van der Waals surface area (Å²) >= 11 is 0. The summed E-state index contributed by atoms with van der Waals surface area (Å²) in [4.78, 5) is 3.06. The molecule has 1 heterocycles. The van der Waals surface area contributed by atoms with Crippen LogP contribution in [0.5, 0.6) is 0 Å². The van der Waals surface area contributed by atoms with Crippen LogP contribution in [0.15, 0.2) is 58.3 Å². The van der Waals surface area contributed by atoms with E-state index in [-0.39, 0.29) is 29.4 Å². The first-order chi connectivity index (χ1) is 10.8. The van der Waals surface area contributed by atoms with E-state index in [0.717, 1.165) is 17.8 Å². The predicted octanol–water partition coefficient (Wildman–Crippen LogP) is 4.64. The van der Waals surface area contributed by atoms with Crippen LogP contribution in [-0.2, 0) is 15.3 Å². The summed E-state index contributed by atoms with van der Waals surface area (Å²) in [5, 5.41) is 0. The molecule has 2 aromatic rings. The van der Waals surface area contributed by atoms with E-state index >= 15 is 0 Å². The zero-order valence-corrected chi connectivity index (χ0v) is 17.6. The van der Waals surface area contributed by atoms with Crippen molar-refractivity contribution in [3.8, 4) is 0 Å². The largest absolute Gasteiger partial charge is 0.368 e. The lowest BCUT2D eigenvalue weighted by molar-refractivity contribution is 0.444. The number of sulfone groups is 1. The number of benzene rings is 2. The third kappa shape index (κ3) is 2.86. The van der Waals surface area contributed by atoms with Crippen molar-refractivity contribution < 1.29 is 8.42 Å². The van der Waals surface area contributed by atoms with E-state index in [0.29, 0.717) is 15.8 Å². The SMILES string of the molecule is CCN1c2ccc(S(=O)(=O)c3ccccc3)cc2C(C)(C)C1C.I. The number of fused-ring (bicyclic) bond motifs is 1. The molecule has 3 nitrogen and oxygen atoms in total. The van der Waals surface area contributed by atoms with Gasteiger partial charge in [-0.05, 0) is 49.7 Å². The second kappa shape index (κ2) is 6.67. The fraction of sp³-hybridized carbons (Fsp3) is 0.368. The average Bonchev–Trinajstić information content (AvgIpc) is 2.74. The first-order valence-electron chi connectivity index (χ1n) is 8.01. The van der Waals surface area contributed by atoms with Crippen LogP contribution < -0.4 is 4.90 Å². The molecule has 0 radical (unpaired) electrons. The summed E-state index contributed by atoms with van der Waals surface area (Å²) < 4.78 is 25.7. The molecule has 0 aliphatic carbocycles. The molecule has 2 aromatic carbocycles. The van der Waals surface area contributed by atoms with Gasteiger partial charge < -0.3 is 4.90 Å². The van der Waals surface area contributed by atoms with Crippen molar-refractivity contribution in [2.45, 2.75) is 48.9 Å². The van der Waals surface area contributed by atoms with Crippen molar-refractivity contribution in [3.05, 3.63) is 54.1 Å². The second-order valence-corrected chi connectivity index (χ2v) is 8.63. The van der Waals surface area contributed by atoms with Crippen molar-refractivity contribution in [3.63, 3.8) is 0 Å². The lowest BCUT2D eigenvalue weighted by Crippen LogP contribution is -2.38. The van der Waals surface area contributed by atoms with Crippen LogP contribution in [0, 0.1) is 0 Å². The molecule has 5 heteroatoms. The summed E-state index contributed by atoms with van der Waals surface area (Å²) in [5.74, 6) is 0. The molecule has 1 aliphatic rings. The summed E-state index contributed by atoms with van der Waals surface area (Å²) in [6.45, 7) is 9.63. The summed E-state index contributed by atoms with van der Waals surface area (Å²) in [5.41, 5.74) is 2.19. The van der Waals surface area contributed by atoms with Crippen LogP contribution in [-0.4, -0.2) is 21.0 Å². The first-order valence-corrected chi connectivity index (χ1v) is 9.49. The Bertz CT molecular complexity index is 832. The van der Waals surface area contributed by atoms with Gasteiger partial charge in [0.25, 0.3) is 0 Å². The maximum Gasteiger partial charge on any atom is 0.206 e. The standard InChI is InChI=1S/C19H23NO2S.HI/c1-5-20-14(2)19(3,4)17-13-16(11-12-18(17)20)23(21,22)15-9-7-6-8-10-15;/h6-14H,5H2,1-4H3;1H. The Balaban J connectivity index is 0.00000208. The predicted molar refractivity (Wildman–Crippen MR) is 109 cm³/mol. The molecule has 24 heavy (non-hydrogen) atoms. The fourth-order valence-corrected chi connectivity index (χ4v) is 4.76. The number of rotatable bonds is 3. The number of nitrogens with zero attached hydrogens (tertiary/aromatic N) is 1. The third-order valence-corrected chi connectivity index (χ3v) is 6.96. The number of halogens is 1. The maximum absolute atomic E-state index is 12.9. The van der Waals surface area contributed by atoms with Gasteiger partial charge in [0.05, 0.1) is 9.79 Å². The molecule has 0 amide bonds. The van der Waals surface area contributed by atoms with Crippen LogP contribution in [0.2, 0.25) is 0 Å². The highest BCUT2D eigenvalue weighted by Gasteiger charge is 2.41. The summed E-state index contributed by atoms with van der Waals surface area (Å²) in [7, 11) is -3.47. The Labute approximate surface area is 162 Å². The molecule has 3 rings (SSSR count). The quantitative estimate of drug-likeness (QED) is 0.631. The van der Waals surface area contributed by atoms with E-state index in [1.807, 2.05) is 18.2 Å². The van der Waals surface area contributed by atoms with Crippen LogP contribution >= 0.6 is 24.0 Å². The van der Waals surface area contributed by atoms with Gasteiger partial charge in [-0.1, -0.05) is 32.0 Å². The number of anilines is 1. The third-order valence-electron chi connectivity index (χ3n) is 5.19. The molecule has 130 valence electrons. The topological polar surface area (TPSA) is 37.4 Å². The highest BCUT2D eigenvalue weighted by Crippen LogP contribution is 2.45. The molecular formula is C19H24INO2S. The average molecular weight is 457 g/mol. The Morgan fingerprint density at radius 3 is 2.25 bits per heavy atom. The normalized spacial score (nSPS) is 18.8. The van der Waals surface area contributed by atoms with Gasteiger partial charge in [-0.2, -0.15) is 0 Å². The summed E-state index contributed by atoms with van der Waals surface area (Å²) in [6, 6.07) is 14.5. The van der Waals surface area contributed by atoms with Crippen LogP contribution in [0.3, 0.4) is 0 Å². The van der Waals surface area contributed by atoms with Gasteiger partial charge in [0.2, 0.25) is 9.84 Å². The maximum atomic E-state index is 12.9. The molecule has 0 fully saturated rings. The van der Waals surface area contributed by atoms with E-state index in [1.54, 1.807) is 30.3 Å².